The molecule has 0 N–H and O–H groups in total. The van der Waals surface area contributed by atoms with E-state index in [1.807, 2.05) is 6.92 Å². The number of ether oxygens (including phenoxy) is 4. The first-order valence-corrected chi connectivity index (χ1v) is 11.4. The third-order valence-electron chi connectivity index (χ3n) is 3.83. The second-order valence-corrected chi connectivity index (χ2v) is 7.55. The first-order chi connectivity index (χ1) is 15.3. The molecule has 0 aliphatic heterocycles. The van der Waals surface area contributed by atoms with Crippen molar-refractivity contribution in [3.8, 4) is 0 Å². The van der Waals surface area contributed by atoms with Gasteiger partial charge in [-0.25, -0.2) is 0 Å². The molecule has 0 atom stereocenters. The van der Waals surface area contributed by atoms with E-state index in [0.717, 1.165) is 32.3 Å². The summed E-state index contributed by atoms with van der Waals surface area (Å²) in [5, 5.41) is 0. The number of esters is 2. The lowest BCUT2D eigenvalue weighted by Crippen LogP contribution is -2.15. The fraction of sp³-hybridized carbons (Fsp3) is 0.871. The van der Waals surface area contributed by atoms with E-state index in [9.17, 15) is 19.2 Å². The van der Waals surface area contributed by atoms with E-state index in [4.69, 9.17) is 0 Å². The molecule has 0 aromatic heterocycles. The fourth-order valence-corrected chi connectivity index (χ4v) is 1.52. The molecule has 0 aromatic carbocycles. The fourth-order valence-electron chi connectivity index (χ4n) is 1.52. The van der Waals surface area contributed by atoms with Gasteiger partial charge in [-0.2, -0.15) is 0 Å². The van der Waals surface area contributed by atoms with E-state index in [1.54, 1.807) is 21.0 Å². The highest BCUT2D eigenvalue weighted by atomic mass is 16.5. The second kappa shape index (κ2) is 56.4. The second-order valence-electron chi connectivity index (χ2n) is 7.55. The van der Waals surface area contributed by atoms with Crippen molar-refractivity contribution in [1.29, 1.82) is 0 Å². The molecule has 0 spiro atoms. The molecular weight excluding hydrogens is 500 g/mol. The Bertz CT molecular complexity index is 432. The maximum Gasteiger partial charge on any atom is 0.305 e. The van der Waals surface area contributed by atoms with Crippen molar-refractivity contribution >= 4 is 23.5 Å². The van der Waals surface area contributed by atoms with Crippen LogP contribution in [0.5, 0.6) is 0 Å². The van der Waals surface area contributed by atoms with Gasteiger partial charge in [-0.05, 0) is 25.7 Å². The van der Waals surface area contributed by atoms with Crippen LogP contribution in [0.2, 0.25) is 0 Å². The Morgan fingerprint density at radius 2 is 0.974 bits per heavy atom. The van der Waals surface area contributed by atoms with Crippen molar-refractivity contribution in [2.45, 2.75) is 138 Å². The van der Waals surface area contributed by atoms with Gasteiger partial charge < -0.3 is 18.9 Å². The highest BCUT2D eigenvalue weighted by Gasteiger charge is 2.18. The van der Waals surface area contributed by atoms with Crippen LogP contribution in [0, 0.1) is 5.41 Å². The van der Waals surface area contributed by atoms with Crippen molar-refractivity contribution in [2.75, 3.05) is 41.7 Å². The molecule has 0 heterocycles. The number of hydrogen-bond donors (Lipinski definition) is 0. The molecule has 0 saturated heterocycles. The summed E-state index contributed by atoms with van der Waals surface area (Å²) < 4.78 is 17.5. The molecule has 0 fully saturated rings. The van der Waals surface area contributed by atoms with Crippen LogP contribution in [0.1, 0.15) is 138 Å². The zero-order valence-electron chi connectivity index (χ0n) is 23.4. The van der Waals surface area contributed by atoms with Crippen molar-refractivity contribution < 1.29 is 38.1 Å². The average Bonchev–Trinajstić information content (AvgIpc) is 2.79. The van der Waals surface area contributed by atoms with Crippen molar-refractivity contribution in [2.24, 2.45) is 5.41 Å². The Morgan fingerprint density at radius 3 is 1.08 bits per heavy atom. The zero-order chi connectivity index (χ0) is 27.3. The van der Waals surface area contributed by atoms with E-state index in [1.165, 1.54) is 28.3 Å². The number of Topliss-reactive ketones (excluding diaryl/α,β-unsaturated/α-hetero) is 2. The van der Waals surface area contributed by atoms with E-state index >= 15 is 0 Å². The number of carbonyl (C=O) groups is 4. The molecule has 0 unspecified atom stereocenters. The molecule has 0 bridgehead atoms. The first kappa shape index (κ1) is 71.0. The predicted molar refractivity (Wildman–Crippen MR) is 174 cm³/mol. The number of hydrogen-bond acceptors (Lipinski definition) is 8. The summed E-state index contributed by atoms with van der Waals surface area (Å²) >= 11 is 0. The molecule has 39 heavy (non-hydrogen) atoms. The van der Waals surface area contributed by atoms with Crippen LogP contribution in [0.3, 0.4) is 0 Å². The van der Waals surface area contributed by atoms with Crippen LogP contribution in [0.15, 0.2) is 0 Å². The summed E-state index contributed by atoms with van der Waals surface area (Å²) in [4.78, 5) is 41.1. The maximum atomic E-state index is 11.2. The van der Waals surface area contributed by atoms with Crippen LogP contribution in [-0.4, -0.2) is 65.2 Å². The van der Waals surface area contributed by atoms with Gasteiger partial charge in [-0.3, -0.25) is 19.2 Å². The van der Waals surface area contributed by atoms with Gasteiger partial charge in [0.15, 0.2) is 5.78 Å². The van der Waals surface area contributed by atoms with Gasteiger partial charge in [-0.15, -0.1) is 0 Å². The van der Waals surface area contributed by atoms with Gasteiger partial charge in [-0.1, -0.05) is 92.5 Å². The minimum Gasteiger partial charge on any atom is -0.469 e. The van der Waals surface area contributed by atoms with Gasteiger partial charge in [0.05, 0.1) is 14.2 Å². The minimum atomic E-state index is -0.157. The Labute approximate surface area is 247 Å². The van der Waals surface area contributed by atoms with Gasteiger partial charge >= 0.3 is 11.9 Å². The first-order valence-electron chi connectivity index (χ1n) is 11.4. The Morgan fingerprint density at radius 1 is 0.641 bits per heavy atom. The molecule has 0 aliphatic rings. The summed E-state index contributed by atoms with van der Waals surface area (Å²) in [5.74, 6) is 0.168. The lowest BCUT2D eigenvalue weighted by molar-refractivity contribution is -0.141. The van der Waals surface area contributed by atoms with Crippen LogP contribution in [-0.2, 0) is 38.1 Å². The summed E-state index contributed by atoms with van der Waals surface area (Å²) in [7, 11) is 5.94. The number of methoxy groups -OCH3 is 4. The Balaban J connectivity index is -0.0000000279. The SMILES string of the molecule is C.C.C.C.C.C.CCC(=O)OC.CCC(=O)OC.CCCC(=O)CC(C)(C)CC.CCOC.COCC(C)=O. The topological polar surface area (TPSA) is 105 Å². The zero-order valence-corrected chi connectivity index (χ0v) is 23.4. The van der Waals surface area contributed by atoms with Gasteiger partial charge in [0, 0.05) is 46.5 Å². The van der Waals surface area contributed by atoms with Gasteiger partial charge in [0.25, 0.3) is 0 Å². The lowest BCUT2D eigenvalue weighted by Gasteiger charge is -2.20. The van der Waals surface area contributed by atoms with Crippen molar-refractivity contribution in [3.63, 3.8) is 0 Å². The molecule has 0 radical (unpaired) electrons. The quantitative estimate of drug-likeness (QED) is 0.237. The normalized spacial score (nSPS) is 7.69. The third-order valence-corrected chi connectivity index (χ3v) is 3.83. The molecule has 0 amide bonds. The predicted octanol–water partition coefficient (Wildman–Crippen LogP) is 9.01. The van der Waals surface area contributed by atoms with E-state index < -0.39 is 0 Å². The Hall–Kier alpha value is -1.80. The summed E-state index contributed by atoms with van der Waals surface area (Å²) in [6.07, 6.45) is 4.51. The smallest absolute Gasteiger partial charge is 0.305 e. The molecule has 0 saturated carbocycles. The Kier molecular flexibility index (Phi) is 103. The van der Waals surface area contributed by atoms with Crippen LogP contribution < -0.4 is 0 Å². The molecule has 248 valence electrons. The van der Waals surface area contributed by atoms with Crippen LogP contribution >= 0.6 is 0 Å². The largest absolute Gasteiger partial charge is 0.469 e. The van der Waals surface area contributed by atoms with E-state index in [0.29, 0.717) is 18.6 Å². The van der Waals surface area contributed by atoms with Gasteiger partial charge in [0.1, 0.15) is 12.4 Å². The number of carbonyl (C=O) groups excluding carboxylic acids is 4. The lowest BCUT2D eigenvalue weighted by atomic mass is 9.84. The van der Waals surface area contributed by atoms with E-state index in [-0.39, 0.29) is 74.3 Å². The molecule has 0 rings (SSSR count). The highest BCUT2D eigenvalue weighted by Crippen LogP contribution is 2.25. The van der Waals surface area contributed by atoms with Crippen molar-refractivity contribution in [3.05, 3.63) is 0 Å². The summed E-state index contributed by atoms with van der Waals surface area (Å²) in [6, 6.07) is 0. The summed E-state index contributed by atoms with van der Waals surface area (Å²) in [6.45, 7) is 16.5. The molecule has 0 aliphatic carbocycles. The number of rotatable bonds is 10. The monoisotopic (exact) mass is 577 g/mol. The minimum absolute atomic E-state index is 0. The van der Waals surface area contributed by atoms with Gasteiger partial charge in [0.2, 0.25) is 0 Å². The summed E-state index contributed by atoms with van der Waals surface area (Å²) in [5.41, 5.74) is 0.215. The number of ketones is 2. The molecular formula is C31H76O8. The standard InChI is InChI=1S/C10H20O.3C4H8O2.C3H8O.6CH4/c1-5-7-9(11)8-10(3,4)6-2;1-4(5)3-6-2;2*1-3-4(5)6-2;1-3-4-2;;;;;;/h5-8H2,1-4H3;3*3H2,1-2H3;3H2,1-2H3;6*1H4. The van der Waals surface area contributed by atoms with Crippen LogP contribution in [0.4, 0.5) is 0 Å². The highest BCUT2D eigenvalue weighted by molar-refractivity contribution is 5.78. The molecule has 8 nitrogen and oxygen atoms in total. The van der Waals surface area contributed by atoms with Crippen molar-refractivity contribution in [1.82, 2.24) is 0 Å². The third kappa shape index (κ3) is 94.2. The van der Waals surface area contributed by atoms with E-state index in [2.05, 4.69) is 46.6 Å². The molecule has 0 aromatic rings. The maximum absolute atomic E-state index is 11.2. The van der Waals surface area contributed by atoms with Crippen LogP contribution in [0.25, 0.3) is 0 Å². The average molecular weight is 577 g/mol. The molecule has 8 heteroatoms.